The van der Waals surface area contributed by atoms with Gasteiger partial charge < -0.3 is 4.72 Å². The van der Waals surface area contributed by atoms with Crippen molar-refractivity contribution in [1.29, 1.82) is 0 Å². The number of nitro groups is 1. The minimum atomic E-state index is -0.404. The summed E-state index contributed by atoms with van der Waals surface area (Å²) >= 11 is 1.42. The van der Waals surface area contributed by atoms with Crippen LogP contribution in [-0.4, -0.2) is 4.92 Å². The van der Waals surface area contributed by atoms with Gasteiger partial charge in [-0.05, 0) is 30.1 Å². The summed E-state index contributed by atoms with van der Waals surface area (Å²) in [5.74, 6) is 0. The van der Waals surface area contributed by atoms with Crippen molar-refractivity contribution in [2.75, 3.05) is 4.72 Å². The van der Waals surface area contributed by atoms with Crippen LogP contribution in [0.2, 0.25) is 0 Å². The Bertz CT molecular complexity index is 517. The first-order chi connectivity index (χ1) is 8.25. The van der Waals surface area contributed by atoms with E-state index >= 15 is 0 Å². The van der Waals surface area contributed by atoms with Crippen LogP contribution in [-0.2, 0) is 0 Å². The van der Waals surface area contributed by atoms with Crippen molar-refractivity contribution in [2.24, 2.45) is 0 Å². The normalized spacial score (nSPS) is 9.88. The zero-order chi connectivity index (χ0) is 12.1. The monoisotopic (exact) mass is 246 g/mol. The second-order valence-electron chi connectivity index (χ2n) is 3.32. The van der Waals surface area contributed by atoms with Crippen molar-refractivity contribution in [3.63, 3.8) is 0 Å². The lowest BCUT2D eigenvalue weighted by molar-refractivity contribution is -0.384. The molecule has 4 nitrogen and oxygen atoms in total. The molecule has 0 fully saturated rings. The van der Waals surface area contributed by atoms with E-state index in [4.69, 9.17) is 0 Å². The number of nitrogens with zero attached hydrogens (tertiary/aromatic N) is 1. The Kier molecular flexibility index (Phi) is 3.62. The van der Waals surface area contributed by atoms with E-state index in [1.165, 1.54) is 24.1 Å². The highest BCUT2D eigenvalue weighted by molar-refractivity contribution is 8.00. The quantitative estimate of drug-likeness (QED) is 0.507. The molecule has 2 rings (SSSR count). The third-order valence-electron chi connectivity index (χ3n) is 2.09. The van der Waals surface area contributed by atoms with Crippen molar-refractivity contribution in [3.8, 4) is 0 Å². The van der Waals surface area contributed by atoms with Crippen LogP contribution in [0.5, 0.6) is 0 Å². The van der Waals surface area contributed by atoms with E-state index in [1.807, 2.05) is 30.3 Å². The number of rotatable bonds is 4. The smallest absolute Gasteiger partial charge is 0.271 e. The lowest BCUT2D eigenvalue weighted by atomic mass is 10.3. The molecule has 86 valence electrons. The van der Waals surface area contributed by atoms with E-state index in [9.17, 15) is 10.1 Å². The van der Waals surface area contributed by atoms with E-state index in [0.717, 1.165) is 4.90 Å². The van der Waals surface area contributed by atoms with Crippen LogP contribution in [0.3, 0.4) is 0 Å². The maximum Gasteiger partial charge on any atom is 0.271 e. The summed E-state index contributed by atoms with van der Waals surface area (Å²) in [7, 11) is 0. The molecule has 0 aromatic heterocycles. The van der Waals surface area contributed by atoms with Crippen molar-refractivity contribution in [1.82, 2.24) is 0 Å². The van der Waals surface area contributed by atoms with Crippen LogP contribution in [0, 0.1) is 10.1 Å². The van der Waals surface area contributed by atoms with Gasteiger partial charge in [-0.1, -0.05) is 24.3 Å². The average molecular weight is 246 g/mol. The fourth-order valence-electron chi connectivity index (χ4n) is 1.29. The number of nitrogens with one attached hydrogen (secondary N) is 1. The molecule has 17 heavy (non-hydrogen) atoms. The van der Waals surface area contributed by atoms with E-state index in [-0.39, 0.29) is 5.69 Å². The van der Waals surface area contributed by atoms with Crippen molar-refractivity contribution < 1.29 is 4.92 Å². The molecule has 0 spiro atoms. The molecule has 0 amide bonds. The maximum absolute atomic E-state index is 10.6. The summed E-state index contributed by atoms with van der Waals surface area (Å²) < 4.78 is 3.07. The standard InChI is InChI=1S/C12H10N2O2S/c15-14(16)11-6-4-5-10(9-11)13-17-12-7-2-1-3-8-12/h1-9,13H. The molecule has 1 N–H and O–H groups in total. The molecular formula is C12H10N2O2S. The third kappa shape index (κ3) is 3.22. The molecular weight excluding hydrogens is 236 g/mol. The first-order valence-electron chi connectivity index (χ1n) is 4.98. The van der Waals surface area contributed by atoms with Gasteiger partial charge in [-0.3, -0.25) is 10.1 Å². The Hall–Kier alpha value is -2.01. The van der Waals surface area contributed by atoms with Crippen molar-refractivity contribution >= 4 is 23.3 Å². The minimum absolute atomic E-state index is 0.0867. The predicted octanol–water partition coefficient (Wildman–Crippen LogP) is 3.71. The molecule has 0 heterocycles. The Labute approximate surface area is 103 Å². The molecule has 0 aliphatic carbocycles. The molecule has 0 saturated heterocycles. The fraction of sp³-hybridized carbons (Fsp3) is 0. The van der Waals surface area contributed by atoms with Gasteiger partial charge in [0.15, 0.2) is 0 Å². The maximum atomic E-state index is 10.6. The van der Waals surface area contributed by atoms with Gasteiger partial charge in [-0.15, -0.1) is 0 Å². The van der Waals surface area contributed by atoms with E-state index < -0.39 is 4.92 Å². The molecule has 0 bridgehead atoms. The van der Waals surface area contributed by atoms with Gasteiger partial charge in [-0.25, -0.2) is 0 Å². The molecule has 0 aliphatic rings. The highest BCUT2D eigenvalue weighted by atomic mass is 32.2. The zero-order valence-electron chi connectivity index (χ0n) is 8.87. The molecule has 0 saturated carbocycles. The minimum Gasteiger partial charge on any atom is -0.325 e. The SMILES string of the molecule is O=[N+]([O-])c1cccc(NSc2ccccc2)c1. The molecule has 2 aromatic carbocycles. The summed E-state index contributed by atoms with van der Waals surface area (Å²) in [4.78, 5) is 11.2. The average Bonchev–Trinajstić information content (AvgIpc) is 2.38. The molecule has 2 aromatic rings. The summed E-state index contributed by atoms with van der Waals surface area (Å²) in [6.45, 7) is 0. The number of anilines is 1. The first kappa shape index (κ1) is 11.5. The highest BCUT2D eigenvalue weighted by Gasteiger charge is 2.05. The number of non-ortho nitro benzene ring substituents is 1. The summed E-state index contributed by atoms with van der Waals surface area (Å²) in [6, 6.07) is 16.2. The summed E-state index contributed by atoms with van der Waals surface area (Å²) in [5, 5.41) is 10.6. The van der Waals surface area contributed by atoms with Crippen molar-refractivity contribution in [3.05, 3.63) is 64.7 Å². The van der Waals surface area contributed by atoms with Gasteiger partial charge in [0.25, 0.3) is 5.69 Å². The Balaban J connectivity index is 2.04. The molecule has 0 unspecified atom stereocenters. The molecule has 5 heteroatoms. The fourth-order valence-corrected chi connectivity index (χ4v) is 1.95. The van der Waals surface area contributed by atoms with Crippen LogP contribution in [0.1, 0.15) is 0 Å². The van der Waals surface area contributed by atoms with Gasteiger partial charge in [0.05, 0.1) is 10.6 Å². The molecule has 0 atom stereocenters. The topological polar surface area (TPSA) is 55.2 Å². The van der Waals surface area contributed by atoms with Gasteiger partial charge >= 0.3 is 0 Å². The Morgan fingerprint density at radius 3 is 2.53 bits per heavy atom. The van der Waals surface area contributed by atoms with E-state index in [2.05, 4.69) is 4.72 Å². The lowest BCUT2D eigenvalue weighted by Crippen LogP contribution is -1.90. The van der Waals surface area contributed by atoms with E-state index in [1.54, 1.807) is 12.1 Å². The second-order valence-corrected chi connectivity index (χ2v) is 4.20. The Morgan fingerprint density at radius 2 is 1.82 bits per heavy atom. The van der Waals surface area contributed by atoms with Crippen LogP contribution in [0.15, 0.2) is 59.5 Å². The van der Waals surface area contributed by atoms with Gasteiger partial charge in [0, 0.05) is 17.0 Å². The van der Waals surface area contributed by atoms with Crippen LogP contribution < -0.4 is 4.72 Å². The Morgan fingerprint density at radius 1 is 1.06 bits per heavy atom. The van der Waals surface area contributed by atoms with Gasteiger partial charge in [0.2, 0.25) is 0 Å². The van der Waals surface area contributed by atoms with Crippen LogP contribution in [0.4, 0.5) is 11.4 Å². The number of benzene rings is 2. The van der Waals surface area contributed by atoms with Crippen LogP contribution in [0.25, 0.3) is 0 Å². The number of nitro benzene ring substituents is 1. The highest BCUT2D eigenvalue weighted by Crippen LogP contribution is 2.23. The van der Waals surface area contributed by atoms with E-state index in [0.29, 0.717) is 5.69 Å². The van der Waals surface area contributed by atoms with Crippen molar-refractivity contribution in [2.45, 2.75) is 4.90 Å². The molecule has 0 radical (unpaired) electrons. The van der Waals surface area contributed by atoms with Gasteiger partial charge in [-0.2, -0.15) is 0 Å². The summed E-state index contributed by atoms with van der Waals surface area (Å²) in [6.07, 6.45) is 0. The largest absolute Gasteiger partial charge is 0.325 e. The molecule has 0 aliphatic heterocycles. The predicted molar refractivity (Wildman–Crippen MR) is 69.0 cm³/mol. The third-order valence-corrected chi connectivity index (χ3v) is 2.93. The lowest BCUT2D eigenvalue weighted by Gasteiger charge is -2.04. The first-order valence-corrected chi connectivity index (χ1v) is 5.80. The van der Waals surface area contributed by atoms with Gasteiger partial charge in [0.1, 0.15) is 0 Å². The van der Waals surface area contributed by atoms with Crippen LogP contribution >= 0.6 is 11.9 Å². The number of hydrogen-bond donors (Lipinski definition) is 1. The summed E-state index contributed by atoms with van der Waals surface area (Å²) in [5.41, 5.74) is 0.803. The zero-order valence-corrected chi connectivity index (χ0v) is 9.68. The second kappa shape index (κ2) is 5.36. The number of hydrogen-bond acceptors (Lipinski definition) is 4.